The quantitative estimate of drug-likeness (QED) is 0.336. The summed E-state index contributed by atoms with van der Waals surface area (Å²) in [6.45, 7) is 3.63. The molecular weight excluding hydrogens is 508 g/mol. The minimum atomic E-state index is -0.760. The van der Waals surface area contributed by atoms with Crippen LogP contribution in [0.3, 0.4) is 0 Å². The highest BCUT2D eigenvalue weighted by Gasteiger charge is 2.37. The minimum Gasteiger partial charge on any atom is -0.459 e. The molecule has 3 N–H and O–H groups in total. The molecule has 38 heavy (non-hydrogen) atoms. The molecule has 1 unspecified atom stereocenters. The van der Waals surface area contributed by atoms with E-state index in [1.807, 2.05) is 29.6 Å². The number of likely N-dealkylation sites (tertiary alicyclic amines) is 1. The van der Waals surface area contributed by atoms with Gasteiger partial charge < -0.3 is 20.7 Å². The maximum Gasteiger partial charge on any atom is 0.311 e. The lowest BCUT2D eigenvalue weighted by atomic mass is 10.0. The molecule has 1 amide bonds. The molecule has 1 fully saturated rings. The van der Waals surface area contributed by atoms with E-state index in [1.54, 1.807) is 16.2 Å². The number of nitrogens with two attached hydrogens (primary N) is 1. The van der Waals surface area contributed by atoms with Gasteiger partial charge in [0.15, 0.2) is 0 Å². The average molecular weight is 542 g/mol. The summed E-state index contributed by atoms with van der Waals surface area (Å²) in [4.78, 5) is 28.4. The standard InChI is InChI=1S/C29H33F2N3O3S/c1-2-19-5-3-6-20(9-19)15-33-16-27(26(32)12-21-10-23(30)14-24(31)11-21)37-29(36)22-13-28(35)34(17-22)18-25-7-4-8-38-25/h3-11,14,22,26-27,33H,2,12-13,15-18,32H2,1H3/t22?,26-,27+/m0/s1. The highest BCUT2D eigenvalue weighted by Crippen LogP contribution is 2.24. The Labute approximate surface area is 225 Å². The van der Waals surface area contributed by atoms with E-state index in [-0.39, 0.29) is 31.8 Å². The third-order valence-electron chi connectivity index (χ3n) is 6.69. The lowest BCUT2D eigenvalue weighted by Gasteiger charge is -2.26. The summed E-state index contributed by atoms with van der Waals surface area (Å²) in [5.74, 6) is -2.56. The zero-order valence-electron chi connectivity index (χ0n) is 21.4. The lowest BCUT2D eigenvalue weighted by Crippen LogP contribution is -2.46. The molecule has 202 valence electrons. The predicted octanol–water partition coefficient (Wildman–Crippen LogP) is 4.21. The van der Waals surface area contributed by atoms with Gasteiger partial charge in [0, 0.05) is 43.0 Å². The van der Waals surface area contributed by atoms with Gasteiger partial charge in [-0.1, -0.05) is 37.3 Å². The van der Waals surface area contributed by atoms with Crippen molar-refractivity contribution in [3.05, 3.63) is 93.2 Å². The largest absolute Gasteiger partial charge is 0.459 e. The van der Waals surface area contributed by atoms with Crippen molar-refractivity contribution in [1.29, 1.82) is 0 Å². The second kappa shape index (κ2) is 13.1. The Hall–Kier alpha value is -3.14. The van der Waals surface area contributed by atoms with Gasteiger partial charge in [-0.25, -0.2) is 8.78 Å². The molecule has 9 heteroatoms. The highest BCUT2D eigenvalue weighted by atomic mass is 32.1. The Morgan fingerprint density at radius 3 is 2.61 bits per heavy atom. The van der Waals surface area contributed by atoms with Crippen molar-refractivity contribution < 1.29 is 23.1 Å². The number of hydrogen-bond donors (Lipinski definition) is 2. The number of carbonyl (C=O) groups excluding carboxylic acids is 2. The van der Waals surface area contributed by atoms with Gasteiger partial charge in [0.2, 0.25) is 5.91 Å². The molecule has 1 aliphatic rings. The molecule has 2 heterocycles. The first-order valence-electron chi connectivity index (χ1n) is 12.8. The fourth-order valence-electron chi connectivity index (χ4n) is 4.65. The van der Waals surface area contributed by atoms with Crippen LogP contribution in [-0.4, -0.2) is 42.0 Å². The molecule has 3 atom stereocenters. The molecule has 4 rings (SSSR count). The second-order valence-corrected chi connectivity index (χ2v) is 10.7. The number of halogens is 2. The third kappa shape index (κ3) is 7.69. The topological polar surface area (TPSA) is 84.7 Å². The molecule has 3 aromatic rings. The first kappa shape index (κ1) is 27.9. The van der Waals surface area contributed by atoms with Crippen molar-refractivity contribution in [3.8, 4) is 0 Å². The van der Waals surface area contributed by atoms with E-state index in [0.29, 0.717) is 18.7 Å². The maximum atomic E-state index is 13.7. The Balaban J connectivity index is 1.41. The van der Waals surface area contributed by atoms with E-state index >= 15 is 0 Å². The summed E-state index contributed by atoms with van der Waals surface area (Å²) in [6, 6.07) is 14.6. The van der Waals surface area contributed by atoms with Crippen LogP contribution < -0.4 is 11.1 Å². The van der Waals surface area contributed by atoms with Crippen molar-refractivity contribution in [1.82, 2.24) is 10.2 Å². The molecule has 0 radical (unpaired) electrons. The van der Waals surface area contributed by atoms with Gasteiger partial charge in [-0.15, -0.1) is 11.3 Å². The predicted molar refractivity (Wildman–Crippen MR) is 143 cm³/mol. The van der Waals surface area contributed by atoms with Crippen molar-refractivity contribution >= 4 is 23.2 Å². The minimum absolute atomic E-state index is 0.0819. The van der Waals surface area contributed by atoms with Crippen molar-refractivity contribution in [2.24, 2.45) is 11.7 Å². The fraction of sp³-hybridized carbons (Fsp3) is 0.379. The second-order valence-electron chi connectivity index (χ2n) is 9.68. The van der Waals surface area contributed by atoms with Crippen LogP contribution in [0.5, 0.6) is 0 Å². The van der Waals surface area contributed by atoms with Crippen LogP contribution in [0, 0.1) is 17.6 Å². The molecular formula is C29H33F2N3O3S. The summed E-state index contributed by atoms with van der Waals surface area (Å²) in [5.41, 5.74) is 9.11. The van der Waals surface area contributed by atoms with Crippen molar-refractivity contribution in [2.45, 2.75) is 51.4 Å². The number of amides is 1. The number of hydrogen-bond acceptors (Lipinski definition) is 6. The summed E-state index contributed by atoms with van der Waals surface area (Å²) >= 11 is 1.56. The van der Waals surface area contributed by atoms with Gasteiger partial charge in [0.05, 0.1) is 12.5 Å². The fourth-order valence-corrected chi connectivity index (χ4v) is 5.37. The molecule has 0 saturated carbocycles. The smallest absolute Gasteiger partial charge is 0.311 e. The Kier molecular flexibility index (Phi) is 9.60. The van der Waals surface area contributed by atoms with Crippen LogP contribution in [0.15, 0.2) is 60.0 Å². The molecule has 2 aromatic carbocycles. The number of carbonyl (C=O) groups is 2. The normalized spacial score (nSPS) is 17.0. The zero-order chi connectivity index (χ0) is 27.1. The van der Waals surface area contributed by atoms with Crippen molar-refractivity contribution in [2.75, 3.05) is 13.1 Å². The van der Waals surface area contributed by atoms with Crippen LogP contribution in [0.25, 0.3) is 0 Å². The number of rotatable bonds is 12. The van der Waals surface area contributed by atoms with E-state index in [0.717, 1.165) is 22.9 Å². The highest BCUT2D eigenvalue weighted by molar-refractivity contribution is 7.09. The number of thiophene rings is 1. The average Bonchev–Trinajstić information content (AvgIpc) is 3.53. The van der Waals surface area contributed by atoms with Crippen LogP contribution in [0.4, 0.5) is 8.78 Å². The first-order chi connectivity index (χ1) is 18.3. The van der Waals surface area contributed by atoms with Crippen LogP contribution in [0.2, 0.25) is 0 Å². The third-order valence-corrected chi connectivity index (χ3v) is 7.55. The summed E-state index contributed by atoms with van der Waals surface area (Å²) in [7, 11) is 0. The van der Waals surface area contributed by atoms with Crippen LogP contribution >= 0.6 is 11.3 Å². The zero-order valence-corrected chi connectivity index (χ0v) is 22.2. The number of aryl methyl sites for hydroxylation is 1. The molecule has 0 spiro atoms. The van der Waals surface area contributed by atoms with Crippen LogP contribution in [-0.2, 0) is 40.3 Å². The van der Waals surface area contributed by atoms with E-state index in [4.69, 9.17) is 10.5 Å². The SMILES string of the molecule is CCc1cccc(CNC[C@@H](OC(=O)C2CC(=O)N(Cc3cccs3)C2)[C@@H](N)Cc2cc(F)cc(F)c2)c1. The van der Waals surface area contributed by atoms with Crippen LogP contribution in [0.1, 0.15) is 34.9 Å². The van der Waals surface area contributed by atoms with Gasteiger partial charge >= 0.3 is 5.97 Å². The monoisotopic (exact) mass is 541 g/mol. The van der Waals surface area contributed by atoms with Gasteiger partial charge in [0.1, 0.15) is 17.7 Å². The number of ether oxygens (including phenoxy) is 1. The molecule has 0 aliphatic carbocycles. The molecule has 1 aromatic heterocycles. The van der Waals surface area contributed by atoms with Gasteiger partial charge in [0.25, 0.3) is 0 Å². The summed E-state index contributed by atoms with van der Waals surface area (Å²) in [5, 5.41) is 5.25. The Morgan fingerprint density at radius 2 is 1.89 bits per heavy atom. The van der Waals surface area contributed by atoms with E-state index in [9.17, 15) is 18.4 Å². The van der Waals surface area contributed by atoms with E-state index < -0.39 is 35.7 Å². The van der Waals surface area contributed by atoms with Crippen molar-refractivity contribution in [3.63, 3.8) is 0 Å². The molecule has 0 bridgehead atoms. The first-order valence-corrected chi connectivity index (χ1v) is 13.7. The molecule has 1 saturated heterocycles. The van der Waals surface area contributed by atoms with Gasteiger partial charge in [-0.3, -0.25) is 9.59 Å². The Morgan fingerprint density at radius 1 is 1.13 bits per heavy atom. The number of nitrogens with zero attached hydrogens (tertiary/aromatic N) is 1. The van der Waals surface area contributed by atoms with Gasteiger partial charge in [-0.2, -0.15) is 0 Å². The molecule has 6 nitrogen and oxygen atoms in total. The Bertz CT molecular complexity index is 1220. The number of nitrogens with one attached hydrogen (secondary N) is 1. The number of esters is 1. The molecule has 1 aliphatic heterocycles. The van der Waals surface area contributed by atoms with E-state index in [2.05, 4.69) is 24.4 Å². The van der Waals surface area contributed by atoms with E-state index in [1.165, 1.54) is 17.7 Å². The summed E-state index contributed by atoms with van der Waals surface area (Å²) < 4.78 is 33.3. The summed E-state index contributed by atoms with van der Waals surface area (Å²) in [6.07, 6.45) is 0.364. The van der Waals surface area contributed by atoms with Gasteiger partial charge in [-0.05, 0) is 53.1 Å². The number of benzene rings is 2. The lowest BCUT2D eigenvalue weighted by molar-refractivity contribution is -0.154. The maximum absolute atomic E-state index is 13.7.